The third-order valence-electron chi connectivity index (χ3n) is 3.09. The van der Waals surface area contributed by atoms with Gasteiger partial charge in [0.2, 0.25) is 5.91 Å². The van der Waals surface area contributed by atoms with Gasteiger partial charge in [-0.05, 0) is 25.8 Å². The number of nitrogens with zero attached hydrogens (tertiary/aromatic N) is 2. The smallest absolute Gasteiger partial charge is 0.245 e. The third kappa shape index (κ3) is 2.04. The van der Waals surface area contributed by atoms with Gasteiger partial charge in [-0.3, -0.25) is 9.78 Å². The van der Waals surface area contributed by atoms with E-state index >= 15 is 0 Å². The molecule has 1 amide bonds. The summed E-state index contributed by atoms with van der Waals surface area (Å²) in [6.45, 7) is 2.93. The Morgan fingerprint density at radius 3 is 3.06 bits per heavy atom. The minimum Gasteiger partial charge on any atom is -0.308 e. The number of aromatic nitrogens is 2. The molecule has 1 aliphatic heterocycles. The SMILES string of the molecule is CCC1(C(=O)Nc2cnccn2)CCCN1. The van der Waals surface area contributed by atoms with Crippen LogP contribution in [0.25, 0.3) is 0 Å². The van der Waals surface area contributed by atoms with Crippen molar-refractivity contribution in [3.8, 4) is 0 Å². The van der Waals surface area contributed by atoms with Crippen molar-refractivity contribution in [1.82, 2.24) is 15.3 Å². The van der Waals surface area contributed by atoms with Crippen LogP contribution in [0, 0.1) is 0 Å². The fourth-order valence-electron chi connectivity index (χ4n) is 2.06. The molecule has 1 saturated heterocycles. The Kier molecular flexibility index (Phi) is 3.14. The Morgan fingerprint density at radius 2 is 2.50 bits per heavy atom. The highest BCUT2D eigenvalue weighted by molar-refractivity contribution is 5.97. The van der Waals surface area contributed by atoms with E-state index in [1.165, 1.54) is 0 Å². The van der Waals surface area contributed by atoms with Gasteiger partial charge in [0.1, 0.15) is 0 Å². The lowest BCUT2D eigenvalue weighted by molar-refractivity contribution is -0.122. The second-order valence-electron chi connectivity index (χ2n) is 4.01. The van der Waals surface area contributed by atoms with Crippen molar-refractivity contribution in [2.45, 2.75) is 31.7 Å². The van der Waals surface area contributed by atoms with Crippen LogP contribution in [-0.2, 0) is 4.79 Å². The Balaban J connectivity index is 2.07. The zero-order valence-electron chi connectivity index (χ0n) is 9.36. The van der Waals surface area contributed by atoms with Gasteiger partial charge >= 0.3 is 0 Å². The summed E-state index contributed by atoms with van der Waals surface area (Å²) < 4.78 is 0. The van der Waals surface area contributed by atoms with Crippen molar-refractivity contribution in [1.29, 1.82) is 0 Å². The number of carbonyl (C=O) groups excluding carboxylic acids is 1. The highest BCUT2D eigenvalue weighted by Gasteiger charge is 2.39. The van der Waals surface area contributed by atoms with Gasteiger partial charge in [-0.25, -0.2) is 4.98 Å². The van der Waals surface area contributed by atoms with Gasteiger partial charge in [0.25, 0.3) is 0 Å². The van der Waals surface area contributed by atoms with Crippen LogP contribution in [0.4, 0.5) is 5.82 Å². The van der Waals surface area contributed by atoms with Crippen LogP contribution in [0.3, 0.4) is 0 Å². The Bertz CT molecular complexity index is 360. The van der Waals surface area contributed by atoms with Crippen LogP contribution in [0.15, 0.2) is 18.6 Å². The summed E-state index contributed by atoms with van der Waals surface area (Å²) in [6, 6.07) is 0. The van der Waals surface area contributed by atoms with Gasteiger partial charge < -0.3 is 10.6 Å². The molecule has 0 aliphatic carbocycles. The van der Waals surface area contributed by atoms with E-state index in [-0.39, 0.29) is 5.91 Å². The highest BCUT2D eigenvalue weighted by atomic mass is 16.2. The van der Waals surface area contributed by atoms with Crippen molar-refractivity contribution in [2.24, 2.45) is 0 Å². The lowest BCUT2D eigenvalue weighted by atomic mass is 9.93. The molecule has 0 spiro atoms. The topological polar surface area (TPSA) is 66.9 Å². The molecule has 0 saturated carbocycles. The molecular weight excluding hydrogens is 204 g/mol. The quantitative estimate of drug-likeness (QED) is 0.795. The Morgan fingerprint density at radius 1 is 1.62 bits per heavy atom. The Hall–Kier alpha value is -1.49. The maximum Gasteiger partial charge on any atom is 0.245 e. The molecule has 1 aliphatic rings. The predicted molar refractivity (Wildman–Crippen MR) is 60.9 cm³/mol. The minimum absolute atomic E-state index is 0.00648. The zero-order chi connectivity index (χ0) is 11.4. The average Bonchev–Trinajstić information content (AvgIpc) is 2.80. The van der Waals surface area contributed by atoms with Crippen LogP contribution in [0.5, 0.6) is 0 Å². The van der Waals surface area contributed by atoms with E-state index in [1.807, 2.05) is 6.92 Å². The van der Waals surface area contributed by atoms with E-state index < -0.39 is 5.54 Å². The fourth-order valence-corrected chi connectivity index (χ4v) is 2.06. The summed E-state index contributed by atoms with van der Waals surface area (Å²) in [7, 11) is 0. The maximum absolute atomic E-state index is 12.1. The molecule has 1 fully saturated rings. The van der Waals surface area contributed by atoms with Crippen molar-refractivity contribution in [3.63, 3.8) is 0 Å². The molecule has 1 unspecified atom stereocenters. The Labute approximate surface area is 94.7 Å². The predicted octanol–water partition coefficient (Wildman–Crippen LogP) is 0.947. The van der Waals surface area contributed by atoms with Gasteiger partial charge in [0.15, 0.2) is 5.82 Å². The van der Waals surface area contributed by atoms with E-state index in [0.29, 0.717) is 5.82 Å². The second-order valence-corrected chi connectivity index (χ2v) is 4.01. The van der Waals surface area contributed by atoms with E-state index in [0.717, 1.165) is 25.8 Å². The molecule has 5 heteroatoms. The van der Waals surface area contributed by atoms with E-state index in [4.69, 9.17) is 0 Å². The minimum atomic E-state index is -0.419. The number of anilines is 1. The molecule has 16 heavy (non-hydrogen) atoms. The summed E-state index contributed by atoms with van der Waals surface area (Å²) in [6.07, 6.45) is 7.42. The highest BCUT2D eigenvalue weighted by Crippen LogP contribution is 2.24. The first kappa shape index (κ1) is 11.0. The number of hydrogen-bond acceptors (Lipinski definition) is 4. The number of amides is 1. The van der Waals surface area contributed by atoms with E-state index in [1.54, 1.807) is 18.6 Å². The van der Waals surface area contributed by atoms with Crippen molar-refractivity contribution < 1.29 is 4.79 Å². The molecule has 1 aromatic heterocycles. The standard InChI is InChI=1S/C11H16N4O/c1-2-11(4-3-5-14-11)10(16)15-9-8-12-6-7-13-9/h6-8,14H,2-5H2,1H3,(H,13,15,16). The summed E-state index contributed by atoms with van der Waals surface area (Å²) in [5.41, 5.74) is -0.419. The number of rotatable bonds is 3. The van der Waals surface area contributed by atoms with Crippen molar-refractivity contribution in [3.05, 3.63) is 18.6 Å². The summed E-state index contributed by atoms with van der Waals surface area (Å²) >= 11 is 0. The van der Waals surface area contributed by atoms with Crippen molar-refractivity contribution in [2.75, 3.05) is 11.9 Å². The molecule has 2 heterocycles. The van der Waals surface area contributed by atoms with Crippen LogP contribution < -0.4 is 10.6 Å². The van der Waals surface area contributed by atoms with Gasteiger partial charge in [-0.2, -0.15) is 0 Å². The molecule has 2 N–H and O–H groups in total. The molecule has 1 aromatic rings. The fraction of sp³-hybridized carbons (Fsp3) is 0.545. The first-order valence-corrected chi connectivity index (χ1v) is 5.59. The normalized spacial score (nSPS) is 24.3. The van der Waals surface area contributed by atoms with Crippen molar-refractivity contribution >= 4 is 11.7 Å². The number of carbonyl (C=O) groups is 1. The first-order chi connectivity index (χ1) is 7.77. The first-order valence-electron chi connectivity index (χ1n) is 5.59. The molecule has 2 rings (SSSR count). The summed E-state index contributed by atoms with van der Waals surface area (Å²) in [5, 5.41) is 6.08. The van der Waals surface area contributed by atoms with E-state index in [9.17, 15) is 4.79 Å². The summed E-state index contributed by atoms with van der Waals surface area (Å²) in [4.78, 5) is 20.1. The van der Waals surface area contributed by atoms with Gasteiger partial charge in [-0.15, -0.1) is 0 Å². The number of hydrogen-bond donors (Lipinski definition) is 2. The lowest BCUT2D eigenvalue weighted by Crippen LogP contribution is -2.50. The van der Waals surface area contributed by atoms with Crippen LogP contribution in [0.2, 0.25) is 0 Å². The molecular formula is C11H16N4O. The van der Waals surface area contributed by atoms with E-state index in [2.05, 4.69) is 20.6 Å². The second kappa shape index (κ2) is 4.57. The molecule has 5 nitrogen and oxygen atoms in total. The van der Waals surface area contributed by atoms with Crippen LogP contribution in [0.1, 0.15) is 26.2 Å². The average molecular weight is 220 g/mol. The zero-order valence-corrected chi connectivity index (χ0v) is 9.36. The van der Waals surface area contributed by atoms with Crippen LogP contribution in [-0.4, -0.2) is 28.0 Å². The van der Waals surface area contributed by atoms with Gasteiger partial charge in [0, 0.05) is 12.4 Å². The summed E-state index contributed by atoms with van der Waals surface area (Å²) in [5.74, 6) is 0.502. The molecule has 86 valence electrons. The largest absolute Gasteiger partial charge is 0.308 e. The molecule has 0 radical (unpaired) electrons. The molecule has 0 bridgehead atoms. The maximum atomic E-state index is 12.1. The van der Waals surface area contributed by atoms with Gasteiger partial charge in [0.05, 0.1) is 11.7 Å². The third-order valence-corrected chi connectivity index (χ3v) is 3.09. The monoisotopic (exact) mass is 220 g/mol. The van der Waals surface area contributed by atoms with Gasteiger partial charge in [-0.1, -0.05) is 6.92 Å². The lowest BCUT2D eigenvalue weighted by Gasteiger charge is -2.26. The van der Waals surface area contributed by atoms with Crippen LogP contribution >= 0.6 is 0 Å². The number of nitrogens with one attached hydrogen (secondary N) is 2. The molecule has 1 atom stereocenters. The molecule has 0 aromatic carbocycles.